The van der Waals surface area contributed by atoms with Gasteiger partial charge in [-0.3, -0.25) is 5.32 Å². The van der Waals surface area contributed by atoms with Crippen LogP contribution in [0.2, 0.25) is 0 Å². The Bertz CT molecular complexity index is 1140. The van der Waals surface area contributed by atoms with Gasteiger partial charge >= 0.3 is 11.7 Å². The first kappa shape index (κ1) is 15.4. The van der Waals surface area contributed by atoms with E-state index in [-0.39, 0.29) is 0 Å². The van der Waals surface area contributed by atoms with Crippen LogP contribution in [0, 0.1) is 6.92 Å². The smallest absolute Gasteiger partial charge is 0.347 e. The molecule has 0 saturated carbocycles. The van der Waals surface area contributed by atoms with Gasteiger partial charge in [-0.25, -0.2) is 9.59 Å². The molecule has 2 aromatic heterocycles. The summed E-state index contributed by atoms with van der Waals surface area (Å²) in [4.78, 5) is 24.6. The second-order valence-corrected chi connectivity index (χ2v) is 6.56. The number of hydrogen-bond acceptors (Lipinski definition) is 4. The molecule has 2 aromatic carbocycles. The van der Waals surface area contributed by atoms with Gasteiger partial charge in [0.1, 0.15) is 16.0 Å². The average molecular weight is 350 g/mol. The predicted octanol–water partition coefficient (Wildman–Crippen LogP) is 4.96. The minimum atomic E-state index is -0.458. The normalized spacial score (nSPS) is 10.9. The lowest BCUT2D eigenvalue weighted by Crippen LogP contribution is -2.19. The van der Waals surface area contributed by atoms with Crippen LogP contribution in [-0.2, 0) is 0 Å². The highest BCUT2D eigenvalue weighted by molar-refractivity contribution is 7.16. The minimum absolute atomic E-state index is 0.391. The highest BCUT2D eigenvalue weighted by Crippen LogP contribution is 2.33. The molecule has 0 atom stereocenters. The number of benzene rings is 2. The molecule has 6 heteroatoms. The monoisotopic (exact) mass is 350 g/mol. The molecule has 2 amide bonds. The van der Waals surface area contributed by atoms with Crippen LogP contribution in [0.1, 0.15) is 5.56 Å². The van der Waals surface area contributed by atoms with Crippen LogP contribution in [0.4, 0.5) is 15.5 Å². The number of aryl methyl sites for hydroxylation is 1. The van der Waals surface area contributed by atoms with Gasteiger partial charge in [-0.1, -0.05) is 35.9 Å². The molecule has 124 valence electrons. The van der Waals surface area contributed by atoms with Gasteiger partial charge in [-0.05, 0) is 25.1 Å². The molecule has 4 aromatic rings. The molecular formula is C19H14N2O3S. The lowest BCUT2D eigenvalue weighted by atomic mass is 10.1. The summed E-state index contributed by atoms with van der Waals surface area (Å²) in [6.07, 6.45) is 0. The molecule has 2 N–H and O–H groups in total. The number of nitrogens with one attached hydrogen (secondary N) is 2. The molecule has 0 fully saturated rings. The summed E-state index contributed by atoms with van der Waals surface area (Å²) in [6, 6.07) is 14.4. The van der Waals surface area contributed by atoms with Gasteiger partial charge < -0.3 is 9.73 Å². The van der Waals surface area contributed by atoms with Gasteiger partial charge in [0.2, 0.25) is 0 Å². The fourth-order valence-electron chi connectivity index (χ4n) is 2.68. The zero-order valence-electron chi connectivity index (χ0n) is 13.3. The van der Waals surface area contributed by atoms with Crippen molar-refractivity contribution < 1.29 is 9.21 Å². The third-order valence-corrected chi connectivity index (χ3v) is 4.81. The number of urea groups is 1. The van der Waals surface area contributed by atoms with E-state index in [0.29, 0.717) is 21.7 Å². The maximum atomic E-state index is 12.3. The molecule has 0 aliphatic carbocycles. The number of amides is 2. The van der Waals surface area contributed by atoms with Crippen molar-refractivity contribution >= 4 is 49.8 Å². The van der Waals surface area contributed by atoms with E-state index in [2.05, 4.69) is 10.6 Å². The zero-order valence-corrected chi connectivity index (χ0v) is 14.1. The maximum absolute atomic E-state index is 12.3. The van der Waals surface area contributed by atoms with Gasteiger partial charge in [0, 0.05) is 21.8 Å². The number of rotatable bonds is 2. The lowest BCUT2D eigenvalue weighted by molar-refractivity contribution is 0.262. The number of thiophene rings is 1. The lowest BCUT2D eigenvalue weighted by Gasteiger charge is -2.06. The van der Waals surface area contributed by atoms with E-state index in [1.54, 1.807) is 6.07 Å². The minimum Gasteiger partial charge on any atom is -0.422 e. The first-order chi connectivity index (χ1) is 12.1. The summed E-state index contributed by atoms with van der Waals surface area (Å²) in [5.41, 5.74) is 1.87. The Morgan fingerprint density at radius 2 is 1.76 bits per heavy atom. The number of carbonyl (C=O) groups is 1. The molecular weight excluding hydrogens is 336 g/mol. The first-order valence-corrected chi connectivity index (χ1v) is 8.57. The highest BCUT2D eigenvalue weighted by atomic mass is 32.1. The van der Waals surface area contributed by atoms with E-state index in [9.17, 15) is 9.59 Å². The van der Waals surface area contributed by atoms with Crippen molar-refractivity contribution in [1.29, 1.82) is 0 Å². The molecule has 0 radical (unpaired) electrons. The highest BCUT2D eigenvalue weighted by Gasteiger charge is 2.15. The molecule has 5 nitrogen and oxygen atoms in total. The number of anilines is 2. The Morgan fingerprint density at radius 1 is 1.00 bits per heavy atom. The Balaban J connectivity index is 1.68. The van der Waals surface area contributed by atoms with E-state index in [0.717, 1.165) is 16.3 Å². The van der Waals surface area contributed by atoms with Gasteiger partial charge in [0.05, 0.1) is 0 Å². The molecule has 2 heterocycles. The summed E-state index contributed by atoms with van der Waals surface area (Å²) < 4.78 is 5.37. The zero-order chi connectivity index (χ0) is 17.4. The summed E-state index contributed by atoms with van der Waals surface area (Å²) in [5.74, 6) is 0. The second kappa shape index (κ2) is 6.07. The van der Waals surface area contributed by atoms with Crippen molar-refractivity contribution in [2.45, 2.75) is 6.92 Å². The van der Waals surface area contributed by atoms with E-state index in [1.807, 2.05) is 54.8 Å². The molecule has 0 spiro atoms. The van der Waals surface area contributed by atoms with Crippen LogP contribution < -0.4 is 16.3 Å². The van der Waals surface area contributed by atoms with Gasteiger partial charge in [0.25, 0.3) is 0 Å². The van der Waals surface area contributed by atoms with Crippen molar-refractivity contribution in [2.75, 3.05) is 10.6 Å². The van der Waals surface area contributed by atoms with E-state index >= 15 is 0 Å². The Hall–Kier alpha value is -3.12. The van der Waals surface area contributed by atoms with Crippen LogP contribution >= 0.6 is 11.3 Å². The Kier molecular flexibility index (Phi) is 3.74. The van der Waals surface area contributed by atoms with Gasteiger partial charge in [0.15, 0.2) is 0 Å². The van der Waals surface area contributed by atoms with Crippen LogP contribution in [-0.4, -0.2) is 6.03 Å². The fourth-order valence-corrected chi connectivity index (χ4v) is 3.63. The van der Waals surface area contributed by atoms with E-state index in [1.165, 1.54) is 11.3 Å². The van der Waals surface area contributed by atoms with Crippen molar-refractivity contribution in [3.63, 3.8) is 0 Å². The van der Waals surface area contributed by atoms with Gasteiger partial charge in [-0.2, -0.15) is 0 Å². The van der Waals surface area contributed by atoms with Crippen molar-refractivity contribution in [3.8, 4) is 0 Å². The Labute approximate surface area is 146 Å². The topological polar surface area (TPSA) is 71.3 Å². The molecule has 0 bridgehead atoms. The molecule has 25 heavy (non-hydrogen) atoms. The molecule has 0 aliphatic heterocycles. The van der Waals surface area contributed by atoms with Crippen LogP contribution in [0.5, 0.6) is 0 Å². The van der Waals surface area contributed by atoms with Crippen LogP contribution in [0.3, 0.4) is 0 Å². The summed E-state index contributed by atoms with van der Waals surface area (Å²) in [6.45, 7) is 1.98. The third-order valence-electron chi connectivity index (χ3n) is 3.91. The van der Waals surface area contributed by atoms with Crippen molar-refractivity contribution in [2.24, 2.45) is 0 Å². The standard InChI is InChI=1S/C19H14N2O3S/c1-11-6-8-12(9-7-11)20-19(23)21-17-16-14(10-25-17)13-4-2-3-5-15(13)24-18(16)22/h2-10H,1H3,(H2,20,21,23). The second-order valence-electron chi connectivity index (χ2n) is 5.68. The number of para-hydroxylation sites is 1. The fraction of sp³-hybridized carbons (Fsp3) is 0.0526. The quantitative estimate of drug-likeness (QED) is 0.502. The van der Waals surface area contributed by atoms with Gasteiger partial charge in [-0.15, -0.1) is 11.3 Å². The first-order valence-electron chi connectivity index (χ1n) is 7.69. The molecule has 0 unspecified atom stereocenters. The summed E-state index contributed by atoms with van der Waals surface area (Å²) in [5, 5.41) is 9.84. The maximum Gasteiger partial charge on any atom is 0.347 e. The third kappa shape index (κ3) is 2.88. The average Bonchev–Trinajstić information content (AvgIpc) is 3.01. The van der Waals surface area contributed by atoms with Crippen LogP contribution in [0.15, 0.2) is 63.1 Å². The number of carbonyl (C=O) groups excluding carboxylic acids is 1. The predicted molar refractivity (Wildman–Crippen MR) is 102 cm³/mol. The van der Waals surface area contributed by atoms with E-state index in [4.69, 9.17) is 4.42 Å². The summed E-state index contributed by atoms with van der Waals surface area (Å²) in [7, 11) is 0. The van der Waals surface area contributed by atoms with Crippen molar-refractivity contribution in [1.82, 2.24) is 0 Å². The summed E-state index contributed by atoms with van der Waals surface area (Å²) >= 11 is 1.30. The molecule has 0 saturated heterocycles. The van der Waals surface area contributed by atoms with Crippen molar-refractivity contribution in [3.05, 3.63) is 69.9 Å². The van der Waals surface area contributed by atoms with Crippen LogP contribution in [0.25, 0.3) is 21.7 Å². The molecule has 0 aliphatic rings. The molecule has 4 rings (SSSR count). The number of fused-ring (bicyclic) bond motifs is 3. The van der Waals surface area contributed by atoms with E-state index < -0.39 is 11.7 Å². The number of hydrogen-bond donors (Lipinski definition) is 2. The Morgan fingerprint density at radius 3 is 2.56 bits per heavy atom. The SMILES string of the molecule is Cc1ccc(NC(=O)Nc2scc3c2c(=O)oc2ccccc23)cc1. The largest absolute Gasteiger partial charge is 0.422 e.